The summed E-state index contributed by atoms with van der Waals surface area (Å²) in [6.07, 6.45) is 7.11. The van der Waals surface area contributed by atoms with Crippen LogP contribution in [0, 0.1) is 0 Å². The van der Waals surface area contributed by atoms with Gasteiger partial charge in [0.25, 0.3) is 5.56 Å². The lowest BCUT2D eigenvalue weighted by atomic mass is 9.88. The Labute approximate surface area is 248 Å². The Kier molecular flexibility index (Phi) is 7.80. The topological polar surface area (TPSA) is 84.2 Å². The highest BCUT2D eigenvalue weighted by atomic mass is 79.9. The summed E-state index contributed by atoms with van der Waals surface area (Å²) in [7, 11) is 1.59. The predicted octanol–water partition coefficient (Wildman–Crippen LogP) is 7.17. The Morgan fingerprint density at radius 1 is 1.05 bits per heavy atom. The Morgan fingerprint density at radius 2 is 1.85 bits per heavy atom. The number of methoxy groups -OCH3 is 1. The van der Waals surface area contributed by atoms with Crippen LogP contribution >= 0.6 is 31.9 Å². The molecule has 2 heterocycles. The normalized spacial score (nSPS) is 15.2. The zero-order chi connectivity index (χ0) is 27.6. The molecule has 3 aromatic carbocycles. The van der Waals surface area contributed by atoms with Gasteiger partial charge in [-0.3, -0.25) is 4.79 Å². The van der Waals surface area contributed by atoms with Gasteiger partial charge >= 0.3 is 0 Å². The molecule has 2 aliphatic rings. The molecule has 0 saturated heterocycles. The van der Waals surface area contributed by atoms with E-state index in [1.54, 1.807) is 19.4 Å². The number of hydrogen-bond acceptors (Lipinski definition) is 7. The minimum Gasteiger partial charge on any atom is -0.493 e. The number of rotatable bonds is 7. The zero-order valence-electron chi connectivity index (χ0n) is 21.9. The van der Waals surface area contributed by atoms with E-state index in [2.05, 4.69) is 37.0 Å². The fourth-order valence-electron chi connectivity index (χ4n) is 5.17. The molecule has 1 aliphatic heterocycles. The van der Waals surface area contributed by atoms with E-state index in [4.69, 9.17) is 23.9 Å². The van der Waals surface area contributed by atoms with E-state index in [9.17, 15) is 4.79 Å². The summed E-state index contributed by atoms with van der Waals surface area (Å²) in [6, 6.07) is 15.0. The molecule has 1 aliphatic carbocycles. The van der Waals surface area contributed by atoms with Crippen LogP contribution in [-0.2, 0) is 6.61 Å². The molecule has 1 aromatic heterocycles. The maximum atomic E-state index is 13.6. The van der Waals surface area contributed by atoms with Crippen molar-refractivity contribution in [1.82, 2.24) is 9.66 Å². The summed E-state index contributed by atoms with van der Waals surface area (Å²) in [6.45, 7) is 0.521. The molecule has 0 N–H and O–H groups in total. The lowest BCUT2D eigenvalue weighted by Crippen LogP contribution is -2.25. The first-order valence-corrected chi connectivity index (χ1v) is 14.8. The van der Waals surface area contributed by atoms with E-state index in [1.807, 2.05) is 42.5 Å². The third-order valence-corrected chi connectivity index (χ3v) is 9.40. The van der Waals surface area contributed by atoms with Gasteiger partial charge in [-0.1, -0.05) is 37.5 Å². The first kappa shape index (κ1) is 26.8. The molecule has 206 valence electrons. The van der Waals surface area contributed by atoms with Crippen LogP contribution in [0.3, 0.4) is 0 Å². The van der Waals surface area contributed by atoms with Crippen molar-refractivity contribution >= 4 is 49.0 Å². The number of hydrogen-bond donors (Lipinski definition) is 0. The zero-order valence-corrected chi connectivity index (χ0v) is 25.0. The van der Waals surface area contributed by atoms with Crippen molar-refractivity contribution in [1.29, 1.82) is 0 Å². The number of nitrogens with zero attached hydrogens (tertiary/aromatic N) is 3. The average molecular weight is 669 g/mol. The fraction of sp³-hybridized carbons (Fsp3) is 0.300. The second-order valence-corrected chi connectivity index (χ2v) is 11.4. The van der Waals surface area contributed by atoms with Gasteiger partial charge in [-0.15, -0.1) is 0 Å². The number of aromatic nitrogens is 2. The van der Waals surface area contributed by atoms with Gasteiger partial charge < -0.3 is 18.9 Å². The third kappa shape index (κ3) is 5.22. The highest BCUT2D eigenvalue weighted by molar-refractivity contribution is 9.13. The molecule has 0 spiro atoms. The van der Waals surface area contributed by atoms with Crippen LogP contribution in [0.1, 0.15) is 55.0 Å². The van der Waals surface area contributed by atoms with E-state index in [-0.39, 0.29) is 18.3 Å². The van der Waals surface area contributed by atoms with Crippen molar-refractivity contribution in [3.8, 4) is 23.0 Å². The molecular weight excluding hydrogens is 642 g/mol. The van der Waals surface area contributed by atoms with Crippen molar-refractivity contribution in [3.05, 3.63) is 84.8 Å². The smallest absolute Gasteiger partial charge is 0.282 e. The molecular formula is C30H27Br2N3O5. The average Bonchev–Trinajstić information content (AvgIpc) is 3.46. The van der Waals surface area contributed by atoms with E-state index < -0.39 is 0 Å². The van der Waals surface area contributed by atoms with E-state index in [1.165, 1.54) is 11.1 Å². The predicted molar refractivity (Wildman–Crippen MR) is 160 cm³/mol. The van der Waals surface area contributed by atoms with Crippen molar-refractivity contribution in [2.75, 3.05) is 13.9 Å². The minimum absolute atomic E-state index is 0.173. The summed E-state index contributed by atoms with van der Waals surface area (Å²) in [5.74, 6) is 3.39. The molecule has 0 bridgehead atoms. The lowest BCUT2D eigenvalue weighted by molar-refractivity contribution is 0.174. The van der Waals surface area contributed by atoms with Crippen LogP contribution in [0.25, 0.3) is 10.9 Å². The fourth-order valence-corrected chi connectivity index (χ4v) is 6.10. The molecule has 40 heavy (non-hydrogen) atoms. The summed E-state index contributed by atoms with van der Waals surface area (Å²) < 4.78 is 25.6. The quantitative estimate of drug-likeness (QED) is 0.194. The van der Waals surface area contributed by atoms with Gasteiger partial charge in [-0.2, -0.15) is 9.78 Å². The van der Waals surface area contributed by atoms with Gasteiger partial charge in [-0.25, -0.2) is 4.98 Å². The molecule has 8 nitrogen and oxygen atoms in total. The van der Waals surface area contributed by atoms with Gasteiger partial charge in [0.1, 0.15) is 12.4 Å². The van der Waals surface area contributed by atoms with Crippen LogP contribution in [-0.4, -0.2) is 29.8 Å². The van der Waals surface area contributed by atoms with Gasteiger partial charge in [0, 0.05) is 16.0 Å². The van der Waals surface area contributed by atoms with Crippen molar-refractivity contribution < 1.29 is 18.9 Å². The molecule has 0 unspecified atom stereocenters. The maximum Gasteiger partial charge on any atom is 0.282 e. The highest BCUT2D eigenvalue weighted by Gasteiger charge is 2.23. The van der Waals surface area contributed by atoms with Crippen LogP contribution in [0.2, 0.25) is 0 Å². The largest absolute Gasteiger partial charge is 0.493 e. The lowest BCUT2D eigenvalue weighted by Gasteiger charge is -2.22. The first-order chi connectivity index (χ1) is 19.5. The molecule has 0 radical (unpaired) electrons. The SMILES string of the molecule is COc1cc(C=Nn2c(C3CCCCC3)nc3ccccc3c2=O)c(Br)c(Br)c1OCc1ccc2c(c1)OCO2. The Bertz CT molecular complexity index is 1660. The molecule has 0 atom stereocenters. The molecule has 0 amide bonds. The van der Waals surface area contributed by atoms with Crippen molar-refractivity contribution in [3.63, 3.8) is 0 Å². The van der Waals surface area contributed by atoms with Gasteiger partial charge in [0.05, 0.1) is 28.7 Å². The van der Waals surface area contributed by atoms with Gasteiger partial charge in [0.2, 0.25) is 6.79 Å². The van der Waals surface area contributed by atoms with Gasteiger partial charge in [-0.05, 0) is 80.6 Å². The second kappa shape index (κ2) is 11.6. The Morgan fingerprint density at radius 3 is 2.67 bits per heavy atom. The second-order valence-electron chi connectivity index (χ2n) is 9.79. The molecule has 1 fully saturated rings. The number of ether oxygens (including phenoxy) is 4. The number of fused-ring (bicyclic) bond motifs is 2. The van der Waals surface area contributed by atoms with Crippen molar-refractivity contribution in [2.45, 2.75) is 44.6 Å². The summed E-state index contributed by atoms with van der Waals surface area (Å²) in [5, 5.41) is 5.22. The number of para-hydroxylation sites is 1. The van der Waals surface area contributed by atoms with E-state index in [0.29, 0.717) is 50.6 Å². The van der Waals surface area contributed by atoms with Crippen LogP contribution in [0.15, 0.2) is 67.4 Å². The standard InChI is InChI=1S/C30H27Br2N3O5/c1-37-25-14-20(26(31)27(32)28(25)38-16-18-11-12-23-24(13-18)40-17-39-23)15-33-35-29(19-7-3-2-4-8-19)34-22-10-6-5-9-21(22)30(35)36/h5-6,9-15,19H,2-4,7-8,16-17H2,1H3. The van der Waals surface area contributed by atoms with Crippen LogP contribution in [0.5, 0.6) is 23.0 Å². The van der Waals surface area contributed by atoms with E-state index in [0.717, 1.165) is 41.5 Å². The van der Waals surface area contributed by atoms with Crippen molar-refractivity contribution in [2.24, 2.45) is 5.10 Å². The number of halogens is 2. The monoisotopic (exact) mass is 667 g/mol. The summed E-state index contributed by atoms with van der Waals surface area (Å²) >= 11 is 7.33. The summed E-state index contributed by atoms with van der Waals surface area (Å²) in [5.41, 5.74) is 2.18. The maximum absolute atomic E-state index is 13.6. The molecule has 4 aromatic rings. The van der Waals surface area contributed by atoms with Gasteiger partial charge in [0.15, 0.2) is 23.0 Å². The Balaban J connectivity index is 1.33. The first-order valence-electron chi connectivity index (χ1n) is 13.2. The molecule has 10 heteroatoms. The molecule has 6 rings (SSSR count). The molecule has 1 saturated carbocycles. The highest BCUT2D eigenvalue weighted by Crippen LogP contribution is 2.43. The number of benzene rings is 3. The van der Waals surface area contributed by atoms with E-state index >= 15 is 0 Å². The van der Waals surface area contributed by atoms with Crippen LogP contribution in [0.4, 0.5) is 0 Å². The van der Waals surface area contributed by atoms with Crippen LogP contribution < -0.4 is 24.5 Å². The third-order valence-electron chi connectivity index (χ3n) is 7.26. The minimum atomic E-state index is -0.173. The summed E-state index contributed by atoms with van der Waals surface area (Å²) in [4.78, 5) is 18.5. The Hall–Kier alpha value is -3.37.